The van der Waals surface area contributed by atoms with E-state index in [2.05, 4.69) is 24.0 Å². The molecule has 0 amide bonds. The number of ether oxygens (including phenoxy) is 1. The van der Waals surface area contributed by atoms with Crippen molar-refractivity contribution in [2.24, 2.45) is 11.8 Å². The molecule has 1 N–H and O–H groups in total. The molecule has 122 valence electrons. The maximum absolute atomic E-state index is 11.6. The van der Waals surface area contributed by atoms with Gasteiger partial charge in [0.15, 0.2) is 0 Å². The van der Waals surface area contributed by atoms with Crippen LogP contribution in [0.5, 0.6) is 0 Å². The van der Waals surface area contributed by atoms with Gasteiger partial charge >= 0.3 is 5.97 Å². The van der Waals surface area contributed by atoms with Crippen LogP contribution in [0.3, 0.4) is 0 Å². The Kier molecular flexibility index (Phi) is 6.40. The van der Waals surface area contributed by atoms with E-state index < -0.39 is 0 Å². The molecule has 2 rings (SSSR count). The Balaban J connectivity index is 2.11. The van der Waals surface area contributed by atoms with Crippen LogP contribution in [-0.2, 0) is 9.53 Å². The first kappa shape index (κ1) is 17.0. The number of hydrogen-bond donors (Lipinski definition) is 1. The van der Waals surface area contributed by atoms with E-state index >= 15 is 0 Å². The summed E-state index contributed by atoms with van der Waals surface area (Å²) >= 11 is 0. The predicted octanol–water partition coefficient (Wildman–Crippen LogP) is 2.63. The summed E-state index contributed by atoms with van der Waals surface area (Å²) in [5.41, 5.74) is 1.14. The number of benzene rings is 1. The Morgan fingerprint density at radius 3 is 2.59 bits per heavy atom. The molecule has 0 radical (unpaired) electrons. The number of rotatable bonds is 6. The summed E-state index contributed by atoms with van der Waals surface area (Å²) in [4.78, 5) is 13.9. The Bertz CT molecular complexity index is 463. The first-order chi connectivity index (χ1) is 10.7. The standard InChI is InChI=1S/C18H27NO3/c1-3-14-9-15(10-18(21)22-2)12-19(11-14)17(13-20)16-7-5-4-6-8-16/h4-8,14-15,17,20H,3,9-13H2,1-2H3/t14-,15+,17-/m0/s1. The molecule has 0 aliphatic carbocycles. The van der Waals surface area contributed by atoms with Crippen LogP contribution >= 0.6 is 0 Å². The van der Waals surface area contributed by atoms with Crippen molar-refractivity contribution in [3.63, 3.8) is 0 Å². The van der Waals surface area contributed by atoms with Crippen molar-refractivity contribution in [1.29, 1.82) is 0 Å². The number of carbonyl (C=O) groups is 1. The molecular formula is C18H27NO3. The highest BCUT2D eigenvalue weighted by atomic mass is 16.5. The van der Waals surface area contributed by atoms with Crippen molar-refractivity contribution in [3.05, 3.63) is 35.9 Å². The van der Waals surface area contributed by atoms with Crippen LogP contribution in [0.25, 0.3) is 0 Å². The maximum atomic E-state index is 11.6. The van der Waals surface area contributed by atoms with Crippen molar-refractivity contribution in [1.82, 2.24) is 4.90 Å². The molecule has 4 heteroatoms. The third kappa shape index (κ3) is 4.31. The van der Waals surface area contributed by atoms with Crippen molar-refractivity contribution in [2.45, 2.75) is 32.2 Å². The zero-order valence-corrected chi connectivity index (χ0v) is 13.6. The zero-order chi connectivity index (χ0) is 15.9. The number of methoxy groups -OCH3 is 1. The summed E-state index contributed by atoms with van der Waals surface area (Å²) < 4.78 is 4.82. The second-order valence-corrected chi connectivity index (χ2v) is 6.22. The van der Waals surface area contributed by atoms with Gasteiger partial charge < -0.3 is 9.84 Å². The first-order valence-corrected chi connectivity index (χ1v) is 8.14. The highest BCUT2D eigenvalue weighted by Crippen LogP contribution is 2.32. The van der Waals surface area contributed by atoms with Gasteiger partial charge in [0, 0.05) is 19.5 Å². The first-order valence-electron chi connectivity index (χ1n) is 8.14. The second-order valence-electron chi connectivity index (χ2n) is 6.22. The molecule has 1 heterocycles. The smallest absolute Gasteiger partial charge is 0.305 e. The van der Waals surface area contributed by atoms with Crippen LogP contribution in [0.4, 0.5) is 0 Å². The molecule has 4 nitrogen and oxygen atoms in total. The number of likely N-dealkylation sites (tertiary alicyclic amines) is 1. The van der Waals surface area contributed by atoms with Crippen LogP contribution in [-0.4, -0.2) is 42.8 Å². The maximum Gasteiger partial charge on any atom is 0.305 e. The van der Waals surface area contributed by atoms with Gasteiger partial charge in [-0.15, -0.1) is 0 Å². The number of hydrogen-bond acceptors (Lipinski definition) is 4. The van der Waals surface area contributed by atoms with E-state index in [0.717, 1.165) is 31.5 Å². The van der Waals surface area contributed by atoms with Crippen molar-refractivity contribution < 1.29 is 14.6 Å². The second kappa shape index (κ2) is 8.30. The lowest BCUT2D eigenvalue weighted by atomic mass is 9.84. The van der Waals surface area contributed by atoms with Gasteiger partial charge in [-0.3, -0.25) is 9.69 Å². The molecule has 1 aliphatic heterocycles. The Labute approximate surface area is 133 Å². The molecule has 1 aromatic carbocycles. The van der Waals surface area contributed by atoms with E-state index in [-0.39, 0.29) is 18.6 Å². The molecular weight excluding hydrogens is 278 g/mol. The fourth-order valence-electron chi connectivity index (χ4n) is 3.48. The monoisotopic (exact) mass is 305 g/mol. The minimum absolute atomic E-state index is 0.00990. The number of aliphatic hydroxyl groups excluding tert-OH is 1. The van der Waals surface area contributed by atoms with Gasteiger partial charge in [0.2, 0.25) is 0 Å². The predicted molar refractivity (Wildman–Crippen MR) is 86.4 cm³/mol. The van der Waals surface area contributed by atoms with Gasteiger partial charge in [-0.1, -0.05) is 43.7 Å². The minimum atomic E-state index is -0.137. The molecule has 1 aliphatic rings. The van der Waals surface area contributed by atoms with Crippen LogP contribution < -0.4 is 0 Å². The minimum Gasteiger partial charge on any atom is -0.469 e. The molecule has 3 atom stereocenters. The molecule has 0 unspecified atom stereocenters. The van der Waals surface area contributed by atoms with Crippen molar-refractivity contribution >= 4 is 5.97 Å². The fourth-order valence-corrected chi connectivity index (χ4v) is 3.48. The Hall–Kier alpha value is -1.39. The van der Waals surface area contributed by atoms with Gasteiger partial charge in [0.25, 0.3) is 0 Å². The number of carbonyl (C=O) groups excluding carboxylic acids is 1. The number of piperidine rings is 1. The summed E-state index contributed by atoms with van der Waals surface area (Å²) in [6, 6.07) is 10.1. The van der Waals surface area contributed by atoms with E-state index in [4.69, 9.17) is 4.74 Å². The fraction of sp³-hybridized carbons (Fsp3) is 0.611. The average Bonchev–Trinajstić information content (AvgIpc) is 2.56. The van der Waals surface area contributed by atoms with Gasteiger partial charge in [-0.25, -0.2) is 0 Å². The van der Waals surface area contributed by atoms with Crippen LogP contribution in [0.2, 0.25) is 0 Å². The Morgan fingerprint density at radius 1 is 1.32 bits per heavy atom. The number of nitrogens with zero attached hydrogens (tertiary/aromatic N) is 1. The largest absolute Gasteiger partial charge is 0.469 e. The van der Waals surface area contributed by atoms with Gasteiger partial charge in [0.05, 0.1) is 19.8 Å². The summed E-state index contributed by atoms with van der Waals surface area (Å²) in [6.45, 7) is 4.12. The third-order valence-electron chi connectivity index (χ3n) is 4.71. The van der Waals surface area contributed by atoms with Crippen molar-refractivity contribution in [2.75, 3.05) is 26.8 Å². The summed E-state index contributed by atoms with van der Waals surface area (Å²) in [5, 5.41) is 9.87. The van der Waals surface area contributed by atoms with E-state index in [1.807, 2.05) is 18.2 Å². The lowest BCUT2D eigenvalue weighted by Crippen LogP contribution is -2.44. The lowest BCUT2D eigenvalue weighted by Gasteiger charge is -2.41. The van der Waals surface area contributed by atoms with Gasteiger partial charge in [-0.2, -0.15) is 0 Å². The molecule has 0 spiro atoms. The molecule has 22 heavy (non-hydrogen) atoms. The van der Waals surface area contributed by atoms with Crippen LogP contribution in [0.15, 0.2) is 30.3 Å². The molecule has 1 fully saturated rings. The van der Waals surface area contributed by atoms with Gasteiger partial charge in [-0.05, 0) is 23.8 Å². The van der Waals surface area contributed by atoms with Gasteiger partial charge in [0.1, 0.15) is 0 Å². The third-order valence-corrected chi connectivity index (χ3v) is 4.71. The molecule has 1 saturated heterocycles. The van der Waals surface area contributed by atoms with Crippen LogP contribution in [0.1, 0.15) is 37.8 Å². The quantitative estimate of drug-likeness (QED) is 0.821. The van der Waals surface area contributed by atoms with E-state index in [9.17, 15) is 9.90 Å². The molecule has 0 saturated carbocycles. The summed E-state index contributed by atoms with van der Waals surface area (Å²) in [6.07, 6.45) is 2.63. The van der Waals surface area contributed by atoms with E-state index in [1.54, 1.807) is 0 Å². The summed E-state index contributed by atoms with van der Waals surface area (Å²) in [5.74, 6) is 0.743. The topological polar surface area (TPSA) is 49.8 Å². The zero-order valence-electron chi connectivity index (χ0n) is 13.6. The molecule has 0 bridgehead atoms. The number of aliphatic hydroxyl groups is 1. The number of esters is 1. The highest BCUT2D eigenvalue weighted by molar-refractivity contribution is 5.69. The average molecular weight is 305 g/mol. The normalized spacial score (nSPS) is 24.0. The van der Waals surface area contributed by atoms with Crippen LogP contribution in [0, 0.1) is 11.8 Å². The van der Waals surface area contributed by atoms with E-state index in [1.165, 1.54) is 7.11 Å². The van der Waals surface area contributed by atoms with Crippen molar-refractivity contribution in [3.8, 4) is 0 Å². The van der Waals surface area contributed by atoms with E-state index in [0.29, 0.717) is 18.3 Å². The SMILES string of the molecule is CC[C@H]1C[C@H](CC(=O)OC)CN([C@@H](CO)c2ccccc2)C1. The highest BCUT2D eigenvalue weighted by Gasteiger charge is 2.32. The summed E-state index contributed by atoms with van der Waals surface area (Å²) in [7, 11) is 1.45. The molecule has 1 aromatic rings. The molecule has 0 aromatic heterocycles. The lowest BCUT2D eigenvalue weighted by molar-refractivity contribution is -0.142. The Morgan fingerprint density at radius 2 is 2.00 bits per heavy atom.